The van der Waals surface area contributed by atoms with Crippen molar-refractivity contribution in [2.45, 2.75) is 45.1 Å². The second kappa shape index (κ2) is 6.07. The number of benzene rings is 1. The fourth-order valence-corrected chi connectivity index (χ4v) is 4.32. The monoisotopic (exact) mass is 353 g/mol. The van der Waals surface area contributed by atoms with E-state index in [9.17, 15) is 9.18 Å². The minimum Gasteiger partial charge on any atom is -0.335 e. The molecular formula is C17H21BrFNO. The molecule has 1 saturated heterocycles. The van der Waals surface area contributed by atoms with E-state index < -0.39 is 5.82 Å². The molecule has 1 aromatic carbocycles. The Morgan fingerprint density at radius 2 is 2.05 bits per heavy atom. The molecule has 1 aromatic rings. The van der Waals surface area contributed by atoms with Crippen LogP contribution in [0.5, 0.6) is 0 Å². The highest BCUT2D eigenvalue weighted by Gasteiger charge is 2.39. The van der Waals surface area contributed by atoms with Crippen LogP contribution in [0.3, 0.4) is 0 Å². The van der Waals surface area contributed by atoms with Crippen molar-refractivity contribution in [1.82, 2.24) is 4.90 Å². The fourth-order valence-electron chi connectivity index (χ4n) is 3.98. The molecular weight excluding hydrogens is 333 g/mol. The van der Waals surface area contributed by atoms with Crippen molar-refractivity contribution < 1.29 is 9.18 Å². The number of carbonyl (C=O) groups is 1. The Kier molecular flexibility index (Phi) is 4.34. The van der Waals surface area contributed by atoms with E-state index in [1.54, 1.807) is 12.1 Å². The van der Waals surface area contributed by atoms with Gasteiger partial charge in [0.1, 0.15) is 5.82 Å². The van der Waals surface area contributed by atoms with Gasteiger partial charge in [-0.05, 0) is 49.3 Å². The number of fused-ring (bicyclic) bond motifs is 1. The highest BCUT2D eigenvalue weighted by atomic mass is 79.9. The first-order valence-electron chi connectivity index (χ1n) is 7.84. The van der Waals surface area contributed by atoms with Crippen LogP contribution in [0.4, 0.5) is 4.39 Å². The Morgan fingerprint density at radius 1 is 1.29 bits per heavy atom. The fraction of sp³-hybridized carbons (Fsp3) is 0.588. The van der Waals surface area contributed by atoms with Gasteiger partial charge in [-0.2, -0.15) is 0 Å². The molecule has 0 aromatic heterocycles. The lowest BCUT2D eigenvalue weighted by atomic mass is 9.72. The first kappa shape index (κ1) is 15.0. The van der Waals surface area contributed by atoms with Gasteiger partial charge in [0.15, 0.2) is 0 Å². The van der Waals surface area contributed by atoms with Crippen molar-refractivity contribution in [3.63, 3.8) is 0 Å². The normalized spacial score (nSPS) is 29.1. The molecule has 2 fully saturated rings. The Balaban J connectivity index is 1.86. The minimum atomic E-state index is -0.430. The zero-order chi connectivity index (χ0) is 15.0. The van der Waals surface area contributed by atoms with Crippen LogP contribution in [0.2, 0.25) is 0 Å². The number of likely N-dealkylation sites (tertiary alicyclic amines) is 1. The van der Waals surface area contributed by atoms with Gasteiger partial charge in [0.2, 0.25) is 0 Å². The van der Waals surface area contributed by atoms with Crippen LogP contribution in [-0.4, -0.2) is 23.4 Å². The number of nitrogens with zero attached hydrogens (tertiary/aromatic N) is 1. The van der Waals surface area contributed by atoms with Gasteiger partial charge in [0.25, 0.3) is 5.91 Å². The van der Waals surface area contributed by atoms with Crippen molar-refractivity contribution in [3.05, 3.63) is 34.1 Å². The van der Waals surface area contributed by atoms with Crippen LogP contribution < -0.4 is 0 Å². The van der Waals surface area contributed by atoms with Gasteiger partial charge in [-0.15, -0.1) is 0 Å². The smallest absolute Gasteiger partial charge is 0.257 e. The number of carbonyl (C=O) groups excluding carboxylic acids is 1. The molecule has 2 nitrogen and oxygen atoms in total. The van der Waals surface area contributed by atoms with Gasteiger partial charge in [-0.25, -0.2) is 4.39 Å². The molecule has 0 unspecified atom stereocenters. The number of hydrogen-bond donors (Lipinski definition) is 0. The third kappa shape index (κ3) is 2.87. The van der Waals surface area contributed by atoms with E-state index >= 15 is 0 Å². The number of hydrogen-bond acceptors (Lipinski definition) is 1. The Bertz CT molecular complexity index is 548. The summed E-state index contributed by atoms with van der Waals surface area (Å²) >= 11 is 3.24. The van der Waals surface area contributed by atoms with Crippen molar-refractivity contribution in [2.75, 3.05) is 6.54 Å². The van der Waals surface area contributed by atoms with E-state index in [-0.39, 0.29) is 11.5 Å². The second-order valence-electron chi connectivity index (χ2n) is 6.40. The highest BCUT2D eigenvalue weighted by Crippen LogP contribution is 2.39. The van der Waals surface area contributed by atoms with E-state index in [2.05, 4.69) is 22.9 Å². The highest BCUT2D eigenvalue weighted by molar-refractivity contribution is 9.10. The first-order chi connectivity index (χ1) is 10.1. The van der Waals surface area contributed by atoms with Gasteiger partial charge in [0.05, 0.1) is 5.56 Å². The molecule has 1 aliphatic heterocycles. The average molecular weight is 354 g/mol. The van der Waals surface area contributed by atoms with Crippen molar-refractivity contribution in [1.29, 1.82) is 0 Å². The summed E-state index contributed by atoms with van der Waals surface area (Å²) in [4.78, 5) is 14.7. The lowest BCUT2D eigenvalue weighted by molar-refractivity contribution is 0.0214. The SMILES string of the molecule is C[C@H]1CCN(C(=O)c2ccc(Br)cc2F)[C@H]2CCCC[C@H]12. The second-order valence-corrected chi connectivity index (χ2v) is 7.32. The summed E-state index contributed by atoms with van der Waals surface area (Å²) in [5.74, 6) is 0.702. The van der Waals surface area contributed by atoms with E-state index in [4.69, 9.17) is 0 Å². The maximum Gasteiger partial charge on any atom is 0.257 e. The molecule has 3 atom stereocenters. The van der Waals surface area contributed by atoms with Crippen molar-refractivity contribution >= 4 is 21.8 Å². The quantitative estimate of drug-likeness (QED) is 0.720. The summed E-state index contributed by atoms with van der Waals surface area (Å²) in [6.45, 7) is 3.06. The molecule has 0 bridgehead atoms. The summed E-state index contributed by atoms with van der Waals surface area (Å²) in [6.07, 6.45) is 5.75. The zero-order valence-corrected chi connectivity index (χ0v) is 13.9. The van der Waals surface area contributed by atoms with Crippen LogP contribution in [0.1, 0.15) is 49.4 Å². The number of piperidine rings is 1. The Morgan fingerprint density at radius 3 is 2.81 bits per heavy atom. The van der Waals surface area contributed by atoms with E-state index in [0.29, 0.717) is 22.4 Å². The van der Waals surface area contributed by atoms with Crippen molar-refractivity contribution in [2.24, 2.45) is 11.8 Å². The largest absolute Gasteiger partial charge is 0.335 e. The van der Waals surface area contributed by atoms with Gasteiger partial charge < -0.3 is 4.90 Å². The summed E-state index contributed by atoms with van der Waals surface area (Å²) in [5.41, 5.74) is 0.206. The van der Waals surface area contributed by atoms with Crippen molar-refractivity contribution in [3.8, 4) is 0 Å². The maximum atomic E-state index is 14.1. The number of halogens is 2. The van der Waals surface area contributed by atoms with Gasteiger partial charge in [-0.3, -0.25) is 4.79 Å². The summed E-state index contributed by atoms with van der Waals surface area (Å²) < 4.78 is 14.7. The van der Waals surface area contributed by atoms with E-state index in [1.807, 2.05) is 4.90 Å². The number of amides is 1. The molecule has 4 heteroatoms. The topological polar surface area (TPSA) is 20.3 Å². The lowest BCUT2D eigenvalue weighted by Gasteiger charge is -2.47. The van der Waals surface area contributed by atoms with Crippen LogP contribution in [0.25, 0.3) is 0 Å². The summed E-state index contributed by atoms with van der Waals surface area (Å²) in [5, 5.41) is 0. The van der Waals surface area contributed by atoms with Gasteiger partial charge >= 0.3 is 0 Å². The predicted octanol–water partition coefficient (Wildman–Crippen LogP) is 4.63. The van der Waals surface area contributed by atoms with Crippen LogP contribution in [0, 0.1) is 17.7 Å². The third-order valence-corrected chi connectivity index (χ3v) is 5.65. The maximum absolute atomic E-state index is 14.1. The molecule has 1 amide bonds. The minimum absolute atomic E-state index is 0.135. The van der Waals surface area contributed by atoms with E-state index in [0.717, 1.165) is 19.4 Å². The molecule has 114 valence electrons. The van der Waals surface area contributed by atoms with Gasteiger partial charge in [0, 0.05) is 17.1 Å². The third-order valence-electron chi connectivity index (χ3n) is 5.16. The van der Waals surface area contributed by atoms with Crippen LogP contribution in [0.15, 0.2) is 22.7 Å². The first-order valence-corrected chi connectivity index (χ1v) is 8.63. The lowest BCUT2D eigenvalue weighted by Crippen LogP contribution is -2.52. The molecule has 2 aliphatic rings. The van der Waals surface area contributed by atoms with E-state index in [1.165, 1.54) is 25.3 Å². The summed E-state index contributed by atoms with van der Waals surface area (Å²) in [6, 6.07) is 5.01. The van der Waals surface area contributed by atoms with Gasteiger partial charge in [-0.1, -0.05) is 35.7 Å². The molecule has 0 spiro atoms. The Hall–Kier alpha value is -0.900. The molecule has 1 saturated carbocycles. The molecule has 21 heavy (non-hydrogen) atoms. The standard InChI is InChI=1S/C17H21BrFNO/c1-11-8-9-20(16-5-3-2-4-13(11)16)17(21)14-7-6-12(18)10-15(14)19/h6-7,10-11,13,16H,2-5,8-9H2,1H3/t11-,13+,16-/m0/s1. The van der Waals surface area contributed by atoms with Crippen LogP contribution >= 0.6 is 15.9 Å². The van der Waals surface area contributed by atoms with Crippen LogP contribution in [-0.2, 0) is 0 Å². The molecule has 0 N–H and O–H groups in total. The number of rotatable bonds is 1. The summed E-state index contributed by atoms with van der Waals surface area (Å²) in [7, 11) is 0. The molecule has 1 heterocycles. The zero-order valence-electron chi connectivity index (χ0n) is 12.3. The molecule has 3 rings (SSSR count). The molecule has 1 aliphatic carbocycles. The molecule has 0 radical (unpaired) electrons. The average Bonchev–Trinajstić information content (AvgIpc) is 2.47. The predicted molar refractivity (Wildman–Crippen MR) is 84.7 cm³/mol. The Labute approximate surface area is 133 Å².